The number of ether oxygens (including phenoxy) is 4. The number of esters is 1. The third-order valence-corrected chi connectivity index (χ3v) is 5.38. The maximum Gasteiger partial charge on any atom is 0.338 e. The number of carbonyl (C=O) groups is 4. The van der Waals surface area contributed by atoms with Gasteiger partial charge in [0.1, 0.15) is 5.76 Å². The lowest BCUT2D eigenvalue weighted by molar-refractivity contribution is -0.119. The molecule has 1 N–H and O–H groups in total. The molecule has 0 saturated carbocycles. The van der Waals surface area contributed by atoms with Gasteiger partial charge in [0.25, 0.3) is 17.7 Å². The lowest BCUT2D eigenvalue weighted by Crippen LogP contribution is -2.28. The number of rotatable bonds is 9. The number of hydrogen-bond acceptors (Lipinski definition) is 9. The molecule has 0 fully saturated rings. The summed E-state index contributed by atoms with van der Waals surface area (Å²) in [7, 11) is 4.34. The molecule has 0 bridgehead atoms. The van der Waals surface area contributed by atoms with Gasteiger partial charge in [-0.15, -0.1) is 0 Å². The summed E-state index contributed by atoms with van der Waals surface area (Å²) < 4.78 is 26.0. The van der Waals surface area contributed by atoms with E-state index >= 15 is 0 Å². The molecule has 186 valence electrons. The summed E-state index contributed by atoms with van der Waals surface area (Å²) in [5.41, 5.74) is 0.602. The van der Waals surface area contributed by atoms with Crippen molar-refractivity contribution in [3.8, 4) is 17.2 Å². The number of hydrogen-bond donors (Lipinski definition) is 1. The molecule has 0 atom stereocenters. The number of fused-ring (bicyclic) bond motifs is 1. The normalized spacial score (nSPS) is 12.2. The number of amides is 3. The third kappa shape index (κ3) is 4.71. The summed E-state index contributed by atoms with van der Waals surface area (Å²) in [6, 6.07) is 10.4. The maximum absolute atomic E-state index is 12.7. The minimum atomic E-state index is -0.831. The third-order valence-electron chi connectivity index (χ3n) is 5.38. The van der Waals surface area contributed by atoms with Gasteiger partial charge in [-0.2, -0.15) is 0 Å². The highest BCUT2D eigenvalue weighted by Crippen LogP contribution is 2.39. The minimum Gasteiger partial charge on any atom is -0.493 e. The molecule has 0 spiro atoms. The van der Waals surface area contributed by atoms with E-state index in [1.54, 1.807) is 12.1 Å². The average molecular weight is 494 g/mol. The van der Waals surface area contributed by atoms with Gasteiger partial charge in [-0.1, -0.05) is 0 Å². The Labute approximate surface area is 205 Å². The minimum absolute atomic E-state index is 0.0235. The van der Waals surface area contributed by atoms with Gasteiger partial charge in [-0.3, -0.25) is 19.3 Å². The van der Waals surface area contributed by atoms with Crippen LogP contribution in [-0.2, 0) is 16.1 Å². The molecule has 2 heterocycles. The van der Waals surface area contributed by atoms with Crippen molar-refractivity contribution >= 4 is 29.4 Å². The Morgan fingerprint density at radius 2 is 1.61 bits per heavy atom. The van der Waals surface area contributed by atoms with E-state index in [-0.39, 0.29) is 23.2 Å². The van der Waals surface area contributed by atoms with Crippen LogP contribution >= 0.6 is 0 Å². The number of nitrogens with zero attached hydrogens (tertiary/aromatic N) is 1. The Hall–Kier alpha value is -4.80. The highest BCUT2D eigenvalue weighted by atomic mass is 16.5. The van der Waals surface area contributed by atoms with Crippen LogP contribution < -0.4 is 19.5 Å². The maximum atomic E-state index is 12.7. The van der Waals surface area contributed by atoms with E-state index in [1.807, 2.05) is 0 Å². The van der Waals surface area contributed by atoms with Crippen molar-refractivity contribution in [1.29, 1.82) is 0 Å². The molecule has 0 unspecified atom stereocenters. The first kappa shape index (κ1) is 24.3. The van der Waals surface area contributed by atoms with Gasteiger partial charge in [-0.25, -0.2) is 4.79 Å². The lowest BCUT2D eigenvalue weighted by atomic mass is 10.1. The fraction of sp³-hybridized carbons (Fsp3) is 0.200. The molecule has 0 radical (unpaired) electrons. The molecule has 4 rings (SSSR count). The zero-order valence-corrected chi connectivity index (χ0v) is 19.7. The summed E-state index contributed by atoms with van der Waals surface area (Å²) in [6.45, 7) is -0.621. The highest BCUT2D eigenvalue weighted by Gasteiger charge is 2.36. The van der Waals surface area contributed by atoms with E-state index in [0.717, 1.165) is 4.90 Å². The van der Waals surface area contributed by atoms with Crippen LogP contribution in [0.15, 0.2) is 53.1 Å². The molecule has 11 nitrogen and oxygen atoms in total. The Balaban J connectivity index is 1.40. The summed E-state index contributed by atoms with van der Waals surface area (Å²) in [5.74, 6) is -1.02. The number of imide groups is 1. The number of nitrogens with one attached hydrogen (secondary N) is 1. The van der Waals surface area contributed by atoms with E-state index in [0.29, 0.717) is 28.7 Å². The molecule has 2 aromatic carbocycles. The predicted molar refractivity (Wildman–Crippen MR) is 124 cm³/mol. The molecule has 3 aromatic rings. The quantitative estimate of drug-likeness (QED) is 0.352. The van der Waals surface area contributed by atoms with Crippen LogP contribution in [0, 0.1) is 0 Å². The van der Waals surface area contributed by atoms with Crippen molar-refractivity contribution in [2.24, 2.45) is 0 Å². The zero-order chi connectivity index (χ0) is 25.8. The number of benzene rings is 2. The fourth-order valence-electron chi connectivity index (χ4n) is 3.68. The molecule has 1 aliphatic heterocycles. The number of anilines is 1. The predicted octanol–water partition coefficient (Wildman–Crippen LogP) is 2.90. The Kier molecular flexibility index (Phi) is 6.91. The largest absolute Gasteiger partial charge is 0.493 e. The van der Waals surface area contributed by atoms with Crippen LogP contribution in [0.3, 0.4) is 0 Å². The second-order valence-corrected chi connectivity index (χ2v) is 7.57. The van der Waals surface area contributed by atoms with Gasteiger partial charge in [-0.05, 0) is 30.3 Å². The molecular weight excluding hydrogens is 472 g/mol. The van der Waals surface area contributed by atoms with Gasteiger partial charge < -0.3 is 28.7 Å². The number of furan rings is 1. The summed E-state index contributed by atoms with van der Waals surface area (Å²) >= 11 is 0. The van der Waals surface area contributed by atoms with Crippen molar-refractivity contribution in [3.63, 3.8) is 0 Å². The van der Waals surface area contributed by atoms with Crippen molar-refractivity contribution < 1.29 is 42.5 Å². The van der Waals surface area contributed by atoms with E-state index < -0.39 is 30.3 Å². The number of methoxy groups -OCH3 is 3. The van der Waals surface area contributed by atoms with Gasteiger partial charge >= 0.3 is 5.97 Å². The first-order valence-electron chi connectivity index (χ1n) is 10.7. The smallest absolute Gasteiger partial charge is 0.338 e. The standard InChI is InChI=1S/C25H22N2O9/c1-32-19-10-15(11-20(33-2)22(19)34-3)26-21(28)13-36-25(31)14-6-7-17-18(9-14)24(30)27(23(17)29)12-16-5-4-8-35-16/h4-11H,12-13H2,1-3H3,(H,26,28). The van der Waals surface area contributed by atoms with Crippen molar-refractivity contribution in [3.05, 3.63) is 71.2 Å². The Bertz CT molecular complexity index is 1310. The monoisotopic (exact) mass is 494 g/mol. The first-order chi connectivity index (χ1) is 17.4. The molecule has 1 aliphatic rings. The first-order valence-corrected chi connectivity index (χ1v) is 10.7. The molecular formula is C25H22N2O9. The van der Waals surface area contributed by atoms with Crippen LogP contribution in [0.4, 0.5) is 5.69 Å². The van der Waals surface area contributed by atoms with Crippen LogP contribution in [0.1, 0.15) is 36.8 Å². The lowest BCUT2D eigenvalue weighted by Gasteiger charge is -2.14. The van der Waals surface area contributed by atoms with Crippen LogP contribution in [0.2, 0.25) is 0 Å². The van der Waals surface area contributed by atoms with Gasteiger partial charge in [0, 0.05) is 17.8 Å². The second kappa shape index (κ2) is 10.2. The molecule has 1 aromatic heterocycles. The molecule has 3 amide bonds. The van der Waals surface area contributed by atoms with E-state index in [1.165, 1.54) is 57.9 Å². The van der Waals surface area contributed by atoms with Gasteiger partial charge in [0.15, 0.2) is 18.1 Å². The summed E-state index contributed by atoms with van der Waals surface area (Å²) in [5, 5.41) is 2.58. The summed E-state index contributed by atoms with van der Waals surface area (Å²) in [6.07, 6.45) is 1.44. The second-order valence-electron chi connectivity index (χ2n) is 7.57. The zero-order valence-electron chi connectivity index (χ0n) is 19.7. The van der Waals surface area contributed by atoms with Crippen molar-refractivity contribution in [1.82, 2.24) is 4.90 Å². The van der Waals surface area contributed by atoms with Crippen molar-refractivity contribution in [2.75, 3.05) is 33.3 Å². The fourth-order valence-corrected chi connectivity index (χ4v) is 3.68. The molecule has 11 heteroatoms. The van der Waals surface area contributed by atoms with Crippen LogP contribution in [-0.4, -0.2) is 56.5 Å². The van der Waals surface area contributed by atoms with E-state index in [2.05, 4.69) is 5.32 Å². The van der Waals surface area contributed by atoms with Crippen molar-refractivity contribution in [2.45, 2.75) is 6.54 Å². The SMILES string of the molecule is COc1cc(NC(=O)COC(=O)c2ccc3c(c2)C(=O)N(Cc2ccco2)C3=O)cc(OC)c1OC. The Morgan fingerprint density at radius 3 is 2.22 bits per heavy atom. The molecule has 0 aliphatic carbocycles. The summed E-state index contributed by atoms with van der Waals surface area (Å²) in [4.78, 5) is 51.3. The molecule has 36 heavy (non-hydrogen) atoms. The number of carbonyl (C=O) groups excluding carboxylic acids is 4. The highest BCUT2D eigenvalue weighted by molar-refractivity contribution is 6.21. The topological polar surface area (TPSA) is 134 Å². The Morgan fingerprint density at radius 1 is 0.917 bits per heavy atom. The van der Waals surface area contributed by atoms with Gasteiger partial charge in [0.2, 0.25) is 5.75 Å². The molecule has 0 saturated heterocycles. The van der Waals surface area contributed by atoms with Crippen LogP contribution in [0.5, 0.6) is 17.2 Å². The average Bonchev–Trinajstić information content (AvgIpc) is 3.49. The van der Waals surface area contributed by atoms with E-state index in [9.17, 15) is 19.2 Å². The van der Waals surface area contributed by atoms with E-state index in [4.69, 9.17) is 23.4 Å². The van der Waals surface area contributed by atoms with Crippen LogP contribution in [0.25, 0.3) is 0 Å². The van der Waals surface area contributed by atoms with Gasteiger partial charge in [0.05, 0.1) is 50.8 Å².